The van der Waals surface area contributed by atoms with E-state index in [2.05, 4.69) is 10.3 Å². The van der Waals surface area contributed by atoms with Crippen LogP contribution in [0.4, 0.5) is 13.2 Å². The fourth-order valence-electron chi connectivity index (χ4n) is 2.43. The van der Waals surface area contributed by atoms with Crippen LogP contribution in [0.25, 0.3) is 0 Å². The van der Waals surface area contributed by atoms with Gasteiger partial charge in [-0.15, -0.1) is 0 Å². The molecular formula is C16H18F3N3O4. The zero-order valence-electron chi connectivity index (χ0n) is 14.0. The number of aryl methyl sites for hydroxylation is 1. The molecule has 10 heteroatoms. The van der Waals surface area contributed by atoms with Gasteiger partial charge in [-0.25, -0.2) is 4.98 Å². The molecule has 3 N–H and O–H groups in total. The van der Waals surface area contributed by atoms with Gasteiger partial charge in [0.15, 0.2) is 0 Å². The molecule has 0 aliphatic rings. The van der Waals surface area contributed by atoms with Gasteiger partial charge in [-0.1, -0.05) is 0 Å². The minimum absolute atomic E-state index is 0.127. The van der Waals surface area contributed by atoms with Gasteiger partial charge in [0.2, 0.25) is 5.60 Å². The first kappa shape index (κ1) is 19.6. The molecule has 0 aliphatic heterocycles. The second-order valence-electron chi connectivity index (χ2n) is 5.61. The number of benzene rings is 1. The number of aliphatic hydroxyl groups is 1. The molecule has 2 aromatic rings. The molecule has 1 atom stereocenters. The van der Waals surface area contributed by atoms with E-state index >= 15 is 0 Å². The summed E-state index contributed by atoms with van der Waals surface area (Å²) in [5.74, 6) is -1.42. The molecule has 0 saturated carbocycles. The number of phenols is 1. The van der Waals surface area contributed by atoms with E-state index in [0.717, 1.165) is 10.8 Å². The van der Waals surface area contributed by atoms with Crippen molar-refractivity contribution in [2.24, 2.45) is 7.05 Å². The van der Waals surface area contributed by atoms with Gasteiger partial charge in [0.25, 0.3) is 5.91 Å². The van der Waals surface area contributed by atoms with Gasteiger partial charge in [0.1, 0.15) is 17.3 Å². The number of carbonyl (C=O) groups excluding carboxylic acids is 1. The molecule has 0 fully saturated rings. The summed E-state index contributed by atoms with van der Waals surface area (Å²) in [5, 5.41) is 22.2. The van der Waals surface area contributed by atoms with E-state index in [1.165, 1.54) is 38.6 Å². The Hall–Kier alpha value is -2.75. The quantitative estimate of drug-likeness (QED) is 0.716. The van der Waals surface area contributed by atoms with Crippen LogP contribution in [-0.4, -0.2) is 45.5 Å². The smallest absolute Gasteiger partial charge is 0.424 e. The molecule has 1 aromatic carbocycles. The van der Waals surface area contributed by atoms with Crippen LogP contribution >= 0.6 is 0 Å². The maximum absolute atomic E-state index is 13.4. The van der Waals surface area contributed by atoms with E-state index in [1.807, 2.05) is 0 Å². The third-order valence-electron chi connectivity index (χ3n) is 3.88. The largest absolute Gasteiger partial charge is 0.507 e. The first-order valence-corrected chi connectivity index (χ1v) is 7.52. The Kier molecular flexibility index (Phi) is 5.45. The predicted octanol–water partition coefficient (Wildman–Crippen LogP) is 1.70. The van der Waals surface area contributed by atoms with Gasteiger partial charge in [-0.2, -0.15) is 13.2 Å². The predicted molar refractivity (Wildman–Crippen MR) is 84.8 cm³/mol. The number of hydrogen-bond donors (Lipinski definition) is 3. The molecule has 26 heavy (non-hydrogen) atoms. The summed E-state index contributed by atoms with van der Waals surface area (Å²) in [6, 6.07) is 3.90. The highest BCUT2D eigenvalue weighted by atomic mass is 19.4. The molecule has 0 aliphatic carbocycles. The van der Waals surface area contributed by atoms with Crippen LogP contribution in [-0.2, 0) is 12.6 Å². The highest BCUT2D eigenvalue weighted by Gasteiger charge is 2.57. The molecule has 0 saturated heterocycles. The average molecular weight is 373 g/mol. The summed E-state index contributed by atoms with van der Waals surface area (Å²) in [5.41, 5.74) is -3.35. The van der Waals surface area contributed by atoms with Crippen LogP contribution in [0.3, 0.4) is 0 Å². The number of aromatic nitrogens is 2. The standard InChI is InChI=1S/C16H18F3N3O4/c1-22-8-7-21-14(22)15(25,16(17,18)19)5-6-20-13(24)11-4-3-10(26-2)9-12(11)23/h3-4,7-9,23,25H,5-6H2,1-2H3,(H,20,24)/t15-/m0/s1. The Morgan fingerprint density at radius 2 is 2.08 bits per heavy atom. The molecular weight excluding hydrogens is 355 g/mol. The van der Waals surface area contributed by atoms with Crippen molar-refractivity contribution in [2.75, 3.05) is 13.7 Å². The summed E-state index contributed by atoms with van der Waals surface area (Å²) in [6.45, 7) is -0.493. The number of rotatable bonds is 6. The van der Waals surface area contributed by atoms with Crippen molar-refractivity contribution in [3.63, 3.8) is 0 Å². The number of hydrogen-bond acceptors (Lipinski definition) is 5. The molecule has 1 aromatic heterocycles. The van der Waals surface area contributed by atoms with Gasteiger partial charge >= 0.3 is 6.18 Å². The van der Waals surface area contributed by atoms with Crippen LogP contribution in [0, 0.1) is 0 Å². The number of imidazole rings is 1. The molecule has 0 bridgehead atoms. The number of methoxy groups -OCH3 is 1. The van der Waals surface area contributed by atoms with Crippen molar-refractivity contribution in [3.05, 3.63) is 42.0 Å². The summed E-state index contributed by atoms with van der Waals surface area (Å²) in [7, 11) is 2.71. The van der Waals surface area contributed by atoms with Crippen LogP contribution in [0.1, 0.15) is 22.6 Å². The van der Waals surface area contributed by atoms with Gasteiger partial charge in [-0.05, 0) is 12.1 Å². The Bertz CT molecular complexity index is 791. The lowest BCUT2D eigenvalue weighted by Crippen LogP contribution is -2.46. The number of amides is 1. The van der Waals surface area contributed by atoms with Crippen molar-refractivity contribution in [1.29, 1.82) is 0 Å². The topological polar surface area (TPSA) is 96.6 Å². The number of nitrogens with one attached hydrogen (secondary N) is 1. The van der Waals surface area contributed by atoms with Crippen molar-refractivity contribution >= 4 is 5.91 Å². The van der Waals surface area contributed by atoms with Crippen molar-refractivity contribution in [3.8, 4) is 11.5 Å². The minimum atomic E-state index is -4.99. The van der Waals surface area contributed by atoms with Gasteiger partial charge in [-0.3, -0.25) is 4.79 Å². The molecule has 7 nitrogen and oxygen atoms in total. The third-order valence-corrected chi connectivity index (χ3v) is 3.88. The molecule has 1 heterocycles. The fourth-order valence-corrected chi connectivity index (χ4v) is 2.43. The van der Waals surface area contributed by atoms with Gasteiger partial charge in [0, 0.05) is 38.5 Å². The number of aromatic hydroxyl groups is 1. The van der Waals surface area contributed by atoms with Gasteiger partial charge in [0.05, 0.1) is 12.7 Å². The zero-order valence-corrected chi connectivity index (χ0v) is 14.0. The normalized spacial score (nSPS) is 13.9. The lowest BCUT2D eigenvalue weighted by molar-refractivity contribution is -0.272. The second-order valence-corrected chi connectivity index (χ2v) is 5.61. The molecule has 1 amide bonds. The molecule has 0 radical (unpaired) electrons. The van der Waals surface area contributed by atoms with Crippen LogP contribution in [0.2, 0.25) is 0 Å². The van der Waals surface area contributed by atoms with E-state index in [1.54, 1.807) is 0 Å². The van der Waals surface area contributed by atoms with E-state index in [0.29, 0.717) is 5.75 Å². The van der Waals surface area contributed by atoms with Crippen LogP contribution in [0.15, 0.2) is 30.6 Å². The Balaban J connectivity index is 2.11. The average Bonchev–Trinajstić information content (AvgIpc) is 2.99. The Labute approximate surface area is 147 Å². The van der Waals surface area contributed by atoms with Crippen LogP contribution < -0.4 is 10.1 Å². The first-order valence-electron chi connectivity index (χ1n) is 7.52. The number of alkyl halides is 3. The lowest BCUT2D eigenvalue weighted by atomic mass is 9.97. The second kappa shape index (κ2) is 7.24. The number of phenolic OH excluding ortho intramolecular Hbond substituents is 1. The summed E-state index contributed by atoms with van der Waals surface area (Å²) >= 11 is 0. The number of ether oxygens (including phenoxy) is 1. The minimum Gasteiger partial charge on any atom is -0.507 e. The zero-order chi connectivity index (χ0) is 19.5. The Morgan fingerprint density at radius 3 is 2.58 bits per heavy atom. The SMILES string of the molecule is COc1ccc(C(=O)NCC[C@](O)(c2nccn2C)C(F)(F)F)c(O)c1. The van der Waals surface area contributed by atoms with E-state index in [-0.39, 0.29) is 11.3 Å². The van der Waals surface area contributed by atoms with E-state index < -0.39 is 36.5 Å². The summed E-state index contributed by atoms with van der Waals surface area (Å²) < 4.78 is 46.1. The number of nitrogens with zero attached hydrogens (tertiary/aromatic N) is 2. The van der Waals surface area contributed by atoms with E-state index in [4.69, 9.17) is 4.74 Å². The van der Waals surface area contributed by atoms with E-state index in [9.17, 15) is 28.2 Å². The summed E-state index contributed by atoms with van der Waals surface area (Å²) in [6.07, 6.45) is -3.41. The molecule has 0 spiro atoms. The maximum Gasteiger partial charge on any atom is 0.424 e. The number of halogens is 3. The van der Waals surface area contributed by atoms with Crippen LogP contribution in [0.5, 0.6) is 11.5 Å². The number of carbonyl (C=O) groups is 1. The monoisotopic (exact) mass is 373 g/mol. The Morgan fingerprint density at radius 1 is 1.38 bits per heavy atom. The molecule has 142 valence electrons. The third kappa shape index (κ3) is 3.74. The van der Waals surface area contributed by atoms with Crippen molar-refractivity contribution in [1.82, 2.24) is 14.9 Å². The van der Waals surface area contributed by atoms with Crippen molar-refractivity contribution < 1.29 is 32.9 Å². The highest BCUT2D eigenvalue weighted by molar-refractivity contribution is 5.96. The molecule has 2 rings (SSSR count). The van der Waals surface area contributed by atoms with Gasteiger partial charge < -0.3 is 24.8 Å². The summed E-state index contributed by atoms with van der Waals surface area (Å²) in [4.78, 5) is 15.6. The van der Waals surface area contributed by atoms with Crippen molar-refractivity contribution in [2.45, 2.75) is 18.2 Å². The lowest BCUT2D eigenvalue weighted by Gasteiger charge is -2.30. The highest BCUT2D eigenvalue weighted by Crippen LogP contribution is 2.40. The molecule has 0 unspecified atom stereocenters. The maximum atomic E-state index is 13.4. The fraction of sp³-hybridized carbons (Fsp3) is 0.375. The first-order chi connectivity index (χ1) is 12.1.